The van der Waals surface area contributed by atoms with Gasteiger partial charge in [0, 0.05) is 40.4 Å². The average molecular weight is 386 g/mol. The molecule has 0 aliphatic rings. The fraction of sp³-hybridized carbons (Fsp3) is 0.111. The highest BCUT2D eigenvalue weighted by Gasteiger charge is 2.07. The number of hydrogen-bond acceptors (Lipinski definition) is 2. The Morgan fingerprint density at radius 1 is 1.08 bits per heavy atom. The molecule has 0 atom stereocenters. The summed E-state index contributed by atoms with van der Waals surface area (Å²) in [6, 6.07) is 14.6. The van der Waals surface area contributed by atoms with Crippen molar-refractivity contribution in [1.82, 2.24) is 4.57 Å². The summed E-state index contributed by atoms with van der Waals surface area (Å²) in [5.41, 5.74) is 7.33. The van der Waals surface area contributed by atoms with Gasteiger partial charge in [-0.1, -0.05) is 22.0 Å². The van der Waals surface area contributed by atoms with Crippen LogP contribution in [0, 0.1) is 0 Å². The van der Waals surface area contributed by atoms with E-state index in [9.17, 15) is 9.59 Å². The number of halogens is 1. The number of benzene rings is 2. The smallest absolute Gasteiger partial charge is 0.248 e. The van der Waals surface area contributed by atoms with Gasteiger partial charge in [0.05, 0.1) is 0 Å². The molecule has 2 amide bonds. The molecule has 3 rings (SSSR count). The summed E-state index contributed by atoms with van der Waals surface area (Å²) in [4.78, 5) is 23.1. The molecule has 0 radical (unpaired) electrons. The highest BCUT2D eigenvalue weighted by Crippen LogP contribution is 2.21. The number of carbonyl (C=O) groups excluding carboxylic acids is 2. The van der Waals surface area contributed by atoms with Crippen molar-refractivity contribution in [3.63, 3.8) is 0 Å². The third-order valence-corrected chi connectivity index (χ3v) is 4.26. The van der Waals surface area contributed by atoms with Gasteiger partial charge in [0.15, 0.2) is 0 Å². The molecule has 1 heterocycles. The number of aryl methyl sites for hydroxylation is 1. The molecule has 122 valence electrons. The SMILES string of the molecule is NC(=O)c1ccc(NC(=O)CCn2ccc3ccc(Br)cc32)cc1. The van der Waals surface area contributed by atoms with Gasteiger partial charge in [0.2, 0.25) is 11.8 Å². The Balaban J connectivity index is 1.62. The summed E-state index contributed by atoms with van der Waals surface area (Å²) in [5, 5.41) is 3.96. The number of nitrogens with two attached hydrogens (primary N) is 1. The minimum absolute atomic E-state index is 0.0846. The summed E-state index contributed by atoms with van der Waals surface area (Å²) < 4.78 is 3.06. The quantitative estimate of drug-likeness (QED) is 0.704. The largest absolute Gasteiger partial charge is 0.366 e. The zero-order valence-electron chi connectivity index (χ0n) is 12.8. The number of carbonyl (C=O) groups is 2. The Morgan fingerprint density at radius 2 is 1.83 bits per heavy atom. The lowest BCUT2D eigenvalue weighted by Gasteiger charge is -2.08. The summed E-state index contributed by atoms with van der Waals surface area (Å²) in [7, 11) is 0. The summed E-state index contributed by atoms with van der Waals surface area (Å²) in [6.45, 7) is 0.588. The predicted molar refractivity (Wildman–Crippen MR) is 97.8 cm³/mol. The average Bonchev–Trinajstić information content (AvgIpc) is 2.95. The van der Waals surface area contributed by atoms with Gasteiger partial charge < -0.3 is 15.6 Å². The number of aromatic nitrogens is 1. The predicted octanol–water partition coefficient (Wildman–Crippen LogP) is 3.53. The normalized spacial score (nSPS) is 10.7. The maximum Gasteiger partial charge on any atom is 0.248 e. The van der Waals surface area contributed by atoms with Crippen LogP contribution >= 0.6 is 15.9 Å². The van der Waals surface area contributed by atoms with Crippen molar-refractivity contribution < 1.29 is 9.59 Å². The zero-order chi connectivity index (χ0) is 17.1. The monoisotopic (exact) mass is 385 g/mol. The highest BCUT2D eigenvalue weighted by atomic mass is 79.9. The van der Waals surface area contributed by atoms with Crippen LogP contribution in [0.1, 0.15) is 16.8 Å². The molecule has 24 heavy (non-hydrogen) atoms. The lowest BCUT2D eigenvalue weighted by molar-refractivity contribution is -0.116. The van der Waals surface area contributed by atoms with Gasteiger partial charge in [-0.05, 0) is 47.9 Å². The molecule has 0 fully saturated rings. The van der Waals surface area contributed by atoms with Crippen molar-refractivity contribution in [2.24, 2.45) is 5.73 Å². The van der Waals surface area contributed by atoms with E-state index in [1.54, 1.807) is 24.3 Å². The summed E-state index contributed by atoms with van der Waals surface area (Å²) in [6.07, 6.45) is 2.33. The number of nitrogens with zero attached hydrogens (tertiary/aromatic N) is 1. The van der Waals surface area contributed by atoms with Gasteiger partial charge in [-0.15, -0.1) is 0 Å². The molecule has 0 unspecified atom stereocenters. The topological polar surface area (TPSA) is 77.1 Å². The van der Waals surface area contributed by atoms with Crippen LogP contribution in [0.5, 0.6) is 0 Å². The first-order chi connectivity index (χ1) is 11.5. The summed E-state index contributed by atoms with van der Waals surface area (Å²) in [5.74, 6) is -0.572. The van der Waals surface area contributed by atoms with Gasteiger partial charge in [0.25, 0.3) is 0 Å². The van der Waals surface area contributed by atoms with Gasteiger partial charge >= 0.3 is 0 Å². The number of rotatable bonds is 5. The van der Waals surface area contributed by atoms with Gasteiger partial charge in [-0.25, -0.2) is 0 Å². The zero-order valence-corrected chi connectivity index (χ0v) is 14.4. The molecule has 2 aromatic carbocycles. The maximum atomic E-state index is 12.1. The van der Waals surface area contributed by atoms with E-state index in [2.05, 4.69) is 25.8 Å². The fourth-order valence-electron chi connectivity index (χ4n) is 2.52. The molecule has 6 heteroatoms. The maximum absolute atomic E-state index is 12.1. The van der Waals surface area contributed by atoms with E-state index in [0.717, 1.165) is 15.4 Å². The van der Waals surface area contributed by atoms with E-state index in [0.29, 0.717) is 24.2 Å². The lowest BCUT2D eigenvalue weighted by atomic mass is 10.2. The minimum Gasteiger partial charge on any atom is -0.366 e. The number of anilines is 1. The van der Waals surface area contributed by atoms with Crippen molar-refractivity contribution in [2.45, 2.75) is 13.0 Å². The Hall–Kier alpha value is -2.60. The van der Waals surface area contributed by atoms with Crippen LogP contribution in [0.15, 0.2) is 59.2 Å². The van der Waals surface area contributed by atoms with Gasteiger partial charge in [-0.3, -0.25) is 9.59 Å². The first-order valence-corrected chi connectivity index (χ1v) is 8.26. The van der Waals surface area contributed by atoms with Crippen molar-refractivity contribution in [3.05, 3.63) is 64.8 Å². The van der Waals surface area contributed by atoms with Crippen molar-refractivity contribution in [2.75, 3.05) is 5.32 Å². The van der Waals surface area contributed by atoms with Crippen molar-refractivity contribution in [3.8, 4) is 0 Å². The molecule has 0 saturated carbocycles. The van der Waals surface area contributed by atoms with E-state index in [1.165, 1.54) is 0 Å². The Morgan fingerprint density at radius 3 is 2.54 bits per heavy atom. The van der Waals surface area contributed by atoms with Crippen LogP contribution in [0.4, 0.5) is 5.69 Å². The molecule has 1 aromatic heterocycles. The van der Waals surface area contributed by atoms with Gasteiger partial charge in [0.1, 0.15) is 0 Å². The second kappa shape index (κ2) is 6.88. The molecular formula is C18H16BrN3O2. The third-order valence-electron chi connectivity index (χ3n) is 3.77. The molecule has 0 spiro atoms. The Labute approximate surface area is 147 Å². The first kappa shape index (κ1) is 16.3. The Bertz CT molecular complexity index is 900. The van der Waals surface area contributed by atoms with Crippen LogP contribution in [-0.2, 0) is 11.3 Å². The third kappa shape index (κ3) is 3.65. The number of nitrogens with one attached hydrogen (secondary N) is 1. The van der Waals surface area contributed by atoms with Crippen LogP contribution in [-0.4, -0.2) is 16.4 Å². The summed E-state index contributed by atoms with van der Waals surface area (Å²) >= 11 is 3.47. The van der Waals surface area contributed by atoms with E-state index in [-0.39, 0.29) is 5.91 Å². The fourth-order valence-corrected chi connectivity index (χ4v) is 2.86. The van der Waals surface area contributed by atoms with Crippen LogP contribution in [0.25, 0.3) is 10.9 Å². The van der Waals surface area contributed by atoms with E-state index >= 15 is 0 Å². The molecule has 3 N–H and O–H groups in total. The van der Waals surface area contributed by atoms with Crippen LogP contribution in [0.2, 0.25) is 0 Å². The first-order valence-electron chi connectivity index (χ1n) is 7.47. The second-order valence-corrected chi connectivity index (χ2v) is 6.37. The Kier molecular flexibility index (Phi) is 4.66. The highest BCUT2D eigenvalue weighted by molar-refractivity contribution is 9.10. The number of amides is 2. The molecule has 0 aliphatic heterocycles. The van der Waals surface area contributed by atoms with Crippen molar-refractivity contribution >= 4 is 44.3 Å². The molecule has 0 bridgehead atoms. The molecule has 0 saturated heterocycles. The number of primary amides is 1. The number of fused-ring (bicyclic) bond motifs is 1. The van der Waals surface area contributed by atoms with Crippen molar-refractivity contribution in [1.29, 1.82) is 0 Å². The van der Waals surface area contributed by atoms with Crippen LogP contribution < -0.4 is 11.1 Å². The molecular weight excluding hydrogens is 370 g/mol. The standard InChI is InChI=1S/C18H16BrN3O2/c19-14-4-1-12-7-9-22(16(12)11-14)10-8-17(23)21-15-5-2-13(3-6-15)18(20)24/h1-7,9,11H,8,10H2,(H2,20,24)(H,21,23). The molecule has 0 aliphatic carbocycles. The van der Waals surface area contributed by atoms with E-state index in [4.69, 9.17) is 5.73 Å². The minimum atomic E-state index is -0.487. The van der Waals surface area contributed by atoms with E-state index in [1.807, 2.05) is 30.5 Å². The molecule has 5 nitrogen and oxygen atoms in total. The second-order valence-electron chi connectivity index (χ2n) is 5.45. The van der Waals surface area contributed by atoms with E-state index < -0.39 is 5.91 Å². The van der Waals surface area contributed by atoms with Gasteiger partial charge in [-0.2, -0.15) is 0 Å². The van der Waals surface area contributed by atoms with Crippen LogP contribution in [0.3, 0.4) is 0 Å². The molecule has 3 aromatic rings. The number of hydrogen-bond donors (Lipinski definition) is 2. The lowest BCUT2D eigenvalue weighted by Crippen LogP contribution is -2.15.